The second kappa shape index (κ2) is 6.84. The molecular weight excluding hydrogens is 146 g/mol. The van der Waals surface area contributed by atoms with Crippen molar-refractivity contribution < 1.29 is 0 Å². The summed E-state index contributed by atoms with van der Waals surface area (Å²) in [6, 6.07) is 4.16. The number of pyridine rings is 1. The number of rotatable bonds is 2. The lowest BCUT2D eigenvalue weighted by Crippen LogP contribution is -1.89. The van der Waals surface area contributed by atoms with E-state index >= 15 is 0 Å². The average molecular weight is 165 g/mol. The van der Waals surface area contributed by atoms with Gasteiger partial charge in [-0.15, -0.1) is 0 Å². The van der Waals surface area contributed by atoms with Gasteiger partial charge in [0.25, 0.3) is 0 Å². The van der Waals surface area contributed by atoms with E-state index < -0.39 is 0 Å². The Morgan fingerprint density at radius 1 is 1.25 bits per heavy atom. The van der Waals surface area contributed by atoms with Crippen molar-refractivity contribution in [1.82, 2.24) is 4.98 Å². The van der Waals surface area contributed by atoms with Crippen molar-refractivity contribution in [3.8, 4) is 0 Å². The van der Waals surface area contributed by atoms with Crippen molar-refractivity contribution in [3.63, 3.8) is 0 Å². The summed E-state index contributed by atoms with van der Waals surface area (Å²) in [5.41, 5.74) is 1.39. The minimum Gasteiger partial charge on any atom is -0.265 e. The highest BCUT2D eigenvalue weighted by molar-refractivity contribution is 5.14. The van der Waals surface area contributed by atoms with E-state index in [9.17, 15) is 0 Å². The van der Waals surface area contributed by atoms with Gasteiger partial charge < -0.3 is 0 Å². The molecule has 0 amide bonds. The van der Waals surface area contributed by atoms with Gasteiger partial charge in [-0.3, -0.25) is 4.98 Å². The van der Waals surface area contributed by atoms with E-state index in [0.29, 0.717) is 5.92 Å². The van der Waals surface area contributed by atoms with Gasteiger partial charge in [-0.2, -0.15) is 0 Å². The van der Waals surface area contributed by atoms with Gasteiger partial charge in [0.2, 0.25) is 0 Å². The van der Waals surface area contributed by atoms with Gasteiger partial charge in [-0.1, -0.05) is 27.7 Å². The molecular formula is C11H19N. The van der Waals surface area contributed by atoms with Crippen molar-refractivity contribution in [2.24, 2.45) is 0 Å². The average Bonchev–Trinajstić information content (AvgIpc) is 2.21. The van der Waals surface area contributed by atoms with Gasteiger partial charge in [0, 0.05) is 12.4 Å². The third-order valence-corrected chi connectivity index (χ3v) is 1.89. The highest BCUT2D eigenvalue weighted by atomic mass is 14.6. The monoisotopic (exact) mass is 165 g/mol. The Bertz CT molecular complexity index is 181. The maximum Gasteiger partial charge on any atom is 0.0270 e. The molecule has 1 heteroatoms. The molecule has 1 aromatic heterocycles. The van der Waals surface area contributed by atoms with Gasteiger partial charge >= 0.3 is 0 Å². The van der Waals surface area contributed by atoms with E-state index in [1.807, 2.05) is 26.2 Å². The second-order valence-corrected chi connectivity index (χ2v) is 2.59. The van der Waals surface area contributed by atoms with Crippen LogP contribution in [0, 0.1) is 0 Å². The Hall–Kier alpha value is -0.850. The molecule has 1 rings (SSSR count). The summed E-state index contributed by atoms with van der Waals surface area (Å²) < 4.78 is 0. The zero-order valence-corrected chi connectivity index (χ0v) is 8.54. The van der Waals surface area contributed by atoms with Crippen molar-refractivity contribution in [1.29, 1.82) is 0 Å². The summed E-state index contributed by atoms with van der Waals surface area (Å²) in [4.78, 5) is 3.96. The molecule has 0 N–H and O–H groups in total. The fourth-order valence-electron chi connectivity index (χ4n) is 0.928. The predicted molar refractivity (Wildman–Crippen MR) is 54.3 cm³/mol. The van der Waals surface area contributed by atoms with E-state index in [2.05, 4.69) is 31.0 Å². The van der Waals surface area contributed by atoms with Gasteiger partial charge in [0.1, 0.15) is 0 Å². The molecule has 1 heterocycles. The van der Waals surface area contributed by atoms with Crippen LogP contribution < -0.4 is 0 Å². The molecule has 1 nitrogen and oxygen atoms in total. The molecule has 1 unspecified atom stereocenters. The van der Waals surface area contributed by atoms with Gasteiger partial charge in [-0.25, -0.2) is 0 Å². The molecule has 0 fully saturated rings. The summed E-state index contributed by atoms with van der Waals surface area (Å²) in [6.07, 6.45) is 4.90. The van der Waals surface area contributed by atoms with Crippen LogP contribution >= 0.6 is 0 Å². The molecule has 0 bridgehead atoms. The minimum atomic E-state index is 0.669. The summed E-state index contributed by atoms with van der Waals surface area (Å²) in [6.45, 7) is 8.43. The molecule has 0 aliphatic heterocycles. The highest BCUT2D eigenvalue weighted by Crippen LogP contribution is 2.16. The van der Waals surface area contributed by atoms with E-state index in [0.717, 1.165) is 0 Å². The van der Waals surface area contributed by atoms with E-state index in [-0.39, 0.29) is 0 Å². The standard InChI is InChI=1S/C9H13N.C2H6/c1-3-8(2)9-4-6-10-7-5-9;1-2/h4-8H,3H2,1-2H3;1-2H3. The van der Waals surface area contributed by atoms with Crippen LogP contribution in [0.3, 0.4) is 0 Å². The zero-order valence-electron chi connectivity index (χ0n) is 8.54. The lowest BCUT2D eigenvalue weighted by molar-refractivity contribution is 0.732. The van der Waals surface area contributed by atoms with Crippen LogP contribution in [0.1, 0.15) is 45.6 Å². The van der Waals surface area contributed by atoms with E-state index in [1.54, 1.807) is 0 Å². The first-order valence-corrected chi connectivity index (χ1v) is 4.74. The number of aromatic nitrogens is 1. The minimum absolute atomic E-state index is 0.669. The maximum atomic E-state index is 3.96. The van der Waals surface area contributed by atoms with Crippen LogP contribution in [0.5, 0.6) is 0 Å². The van der Waals surface area contributed by atoms with Crippen LogP contribution in [0.25, 0.3) is 0 Å². The lowest BCUT2D eigenvalue weighted by atomic mass is 10.0. The SMILES string of the molecule is CC.CCC(C)c1ccncc1. The fraction of sp³-hybridized carbons (Fsp3) is 0.545. The molecule has 0 aliphatic carbocycles. The molecule has 0 aliphatic rings. The largest absolute Gasteiger partial charge is 0.265 e. The summed E-state index contributed by atoms with van der Waals surface area (Å²) in [7, 11) is 0. The third kappa shape index (κ3) is 3.51. The molecule has 0 saturated heterocycles. The first kappa shape index (κ1) is 11.2. The summed E-state index contributed by atoms with van der Waals surface area (Å²) in [5, 5.41) is 0. The Morgan fingerprint density at radius 3 is 2.17 bits per heavy atom. The van der Waals surface area contributed by atoms with Crippen molar-refractivity contribution >= 4 is 0 Å². The van der Waals surface area contributed by atoms with Crippen LogP contribution in [0.2, 0.25) is 0 Å². The van der Waals surface area contributed by atoms with Gasteiger partial charge in [0.15, 0.2) is 0 Å². The second-order valence-electron chi connectivity index (χ2n) is 2.59. The summed E-state index contributed by atoms with van der Waals surface area (Å²) >= 11 is 0. The number of hydrogen-bond donors (Lipinski definition) is 0. The fourth-order valence-corrected chi connectivity index (χ4v) is 0.928. The Labute approximate surface area is 75.8 Å². The zero-order chi connectivity index (χ0) is 9.40. The van der Waals surface area contributed by atoms with Gasteiger partial charge in [0.05, 0.1) is 0 Å². The van der Waals surface area contributed by atoms with Crippen LogP contribution in [-0.2, 0) is 0 Å². The van der Waals surface area contributed by atoms with Crippen LogP contribution in [0.15, 0.2) is 24.5 Å². The predicted octanol–water partition coefficient (Wildman–Crippen LogP) is 3.62. The topological polar surface area (TPSA) is 12.9 Å². The molecule has 1 atom stereocenters. The maximum absolute atomic E-state index is 3.96. The van der Waals surface area contributed by atoms with Crippen LogP contribution in [-0.4, -0.2) is 4.98 Å². The molecule has 1 aromatic rings. The molecule has 0 spiro atoms. The highest BCUT2D eigenvalue weighted by Gasteiger charge is 1.99. The third-order valence-electron chi connectivity index (χ3n) is 1.89. The smallest absolute Gasteiger partial charge is 0.0270 e. The number of hydrogen-bond acceptors (Lipinski definition) is 1. The normalized spacial score (nSPS) is 11.3. The Balaban J connectivity index is 0.000000561. The molecule has 12 heavy (non-hydrogen) atoms. The van der Waals surface area contributed by atoms with E-state index in [4.69, 9.17) is 0 Å². The first-order valence-electron chi connectivity index (χ1n) is 4.74. The molecule has 68 valence electrons. The Morgan fingerprint density at radius 2 is 1.75 bits per heavy atom. The molecule has 0 radical (unpaired) electrons. The molecule has 0 saturated carbocycles. The van der Waals surface area contributed by atoms with E-state index in [1.165, 1.54) is 12.0 Å². The first-order chi connectivity index (χ1) is 5.84. The lowest BCUT2D eigenvalue weighted by Gasteiger charge is -2.06. The van der Waals surface area contributed by atoms with Crippen molar-refractivity contribution in [2.75, 3.05) is 0 Å². The van der Waals surface area contributed by atoms with Gasteiger partial charge in [-0.05, 0) is 30.0 Å². The van der Waals surface area contributed by atoms with Crippen LogP contribution in [0.4, 0.5) is 0 Å². The number of nitrogens with zero attached hydrogens (tertiary/aromatic N) is 1. The summed E-state index contributed by atoms with van der Waals surface area (Å²) in [5.74, 6) is 0.669. The van der Waals surface area contributed by atoms with Crippen molar-refractivity contribution in [2.45, 2.75) is 40.0 Å². The Kier molecular flexibility index (Phi) is 6.35. The molecule has 0 aromatic carbocycles. The quantitative estimate of drug-likeness (QED) is 0.652. The van der Waals surface area contributed by atoms with Crippen molar-refractivity contribution in [3.05, 3.63) is 30.1 Å².